The first-order chi connectivity index (χ1) is 13.6. The summed E-state index contributed by atoms with van der Waals surface area (Å²) in [6.45, 7) is 3.94. The van der Waals surface area contributed by atoms with Gasteiger partial charge in [-0.15, -0.1) is 0 Å². The molecule has 3 aromatic heterocycles. The molecule has 0 saturated heterocycles. The average molecular weight is 374 g/mol. The molecule has 0 aliphatic carbocycles. The van der Waals surface area contributed by atoms with Gasteiger partial charge in [0, 0.05) is 52.9 Å². The van der Waals surface area contributed by atoms with Crippen LogP contribution in [0.3, 0.4) is 0 Å². The van der Waals surface area contributed by atoms with E-state index >= 15 is 0 Å². The van der Waals surface area contributed by atoms with Gasteiger partial charge in [0.25, 0.3) is 0 Å². The Balaban J connectivity index is 1.76. The second kappa shape index (κ2) is 7.19. The lowest BCUT2D eigenvalue weighted by Crippen LogP contribution is -2.02. The number of pyridine rings is 1. The number of H-pyrrole nitrogens is 1. The lowest BCUT2D eigenvalue weighted by Gasteiger charge is -2.13. The van der Waals surface area contributed by atoms with E-state index in [0.717, 1.165) is 50.8 Å². The molecule has 4 rings (SSSR count). The van der Waals surface area contributed by atoms with Crippen molar-refractivity contribution >= 4 is 28.4 Å². The summed E-state index contributed by atoms with van der Waals surface area (Å²) in [5.74, 6) is 2.05. The summed E-state index contributed by atoms with van der Waals surface area (Å²) >= 11 is 0. The highest BCUT2D eigenvalue weighted by Gasteiger charge is 2.12. The minimum Gasteiger partial charge on any atom is -0.496 e. The Bertz CT molecular complexity index is 1150. The van der Waals surface area contributed by atoms with Gasteiger partial charge < -0.3 is 20.4 Å². The van der Waals surface area contributed by atoms with Crippen LogP contribution in [-0.4, -0.2) is 34.1 Å². The van der Waals surface area contributed by atoms with Crippen molar-refractivity contribution in [2.24, 2.45) is 0 Å². The number of benzene rings is 1. The van der Waals surface area contributed by atoms with Crippen LogP contribution in [0, 0.1) is 13.8 Å². The quantitative estimate of drug-likeness (QED) is 0.479. The van der Waals surface area contributed by atoms with Gasteiger partial charge in [-0.1, -0.05) is 0 Å². The monoisotopic (exact) mass is 374 g/mol. The minimum atomic E-state index is 0.532. The molecule has 7 nitrogen and oxygen atoms in total. The topological polar surface area (TPSA) is 87.8 Å². The first kappa shape index (κ1) is 17.8. The van der Waals surface area contributed by atoms with Crippen molar-refractivity contribution in [2.45, 2.75) is 13.8 Å². The fourth-order valence-corrected chi connectivity index (χ4v) is 3.23. The molecule has 0 saturated carbocycles. The maximum atomic E-state index is 5.57. The van der Waals surface area contributed by atoms with Crippen LogP contribution in [0.1, 0.15) is 11.4 Å². The van der Waals surface area contributed by atoms with Gasteiger partial charge in [-0.3, -0.25) is 4.98 Å². The third kappa shape index (κ3) is 3.34. The molecule has 0 bridgehead atoms. The predicted molar refractivity (Wildman–Crippen MR) is 112 cm³/mol. The Labute approximate surface area is 163 Å². The number of methoxy groups -OCH3 is 1. The molecule has 1 aromatic carbocycles. The summed E-state index contributed by atoms with van der Waals surface area (Å²) < 4.78 is 5.57. The number of hydrogen-bond acceptors (Lipinski definition) is 6. The summed E-state index contributed by atoms with van der Waals surface area (Å²) in [4.78, 5) is 16.9. The molecule has 28 heavy (non-hydrogen) atoms. The van der Waals surface area contributed by atoms with Crippen molar-refractivity contribution in [2.75, 3.05) is 24.8 Å². The maximum Gasteiger partial charge on any atom is 0.229 e. The van der Waals surface area contributed by atoms with Crippen LogP contribution in [-0.2, 0) is 0 Å². The third-order valence-corrected chi connectivity index (χ3v) is 4.58. The van der Waals surface area contributed by atoms with E-state index in [0.29, 0.717) is 5.95 Å². The highest BCUT2D eigenvalue weighted by atomic mass is 16.5. The number of fused-ring (bicyclic) bond motifs is 1. The standard InChI is InChI=1S/C21H22N6O/c1-12-9-20(22-3)27-21(24-12)26-14-5-6-19(28-4)16(10-14)18-11-17-15(7-8-23-17)13(2)25-18/h5-11,23H,1-4H3,(H2,22,24,26,27). The van der Waals surface area contributed by atoms with Crippen LogP contribution in [0.4, 0.5) is 17.5 Å². The van der Waals surface area contributed by atoms with Gasteiger partial charge >= 0.3 is 0 Å². The molecule has 0 amide bonds. The number of ether oxygens (including phenoxy) is 1. The molecule has 0 unspecified atom stereocenters. The zero-order valence-corrected chi connectivity index (χ0v) is 16.3. The molecular formula is C21H22N6O. The van der Waals surface area contributed by atoms with Crippen LogP contribution in [0.5, 0.6) is 5.75 Å². The summed E-state index contributed by atoms with van der Waals surface area (Å²) in [5, 5.41) is 7.44. The molecule has 3 N–H and O–H groups in total. The van der Waals surface area contributed by atoms with Gasteiger partial charge in [0.15, 0.2) is 0 Å². The van der Waals surface area contributed by atoms with Crippen molar-refractivity contribution in [3.05, 3.63) is 54.0 Å². The SMILES string of the molecule is CNc1cc(C)nc(Nc2ccc(OC)c(-c3cc4[nH]ccc4c(C)n3)c2)n1. The largest absolute Gasteiger partial charge is 0.496 e. The van der Waals surface area contributed by atoms with E-state index in [4.69, 9.17) is 9.72 Å². The van der Waals surface area contributed by atoms with Crippen LogP contribution in [0.25, 0.3) is 22.2 Å². The molecular weight excluding hydrogens is 352 g/mol. The summed E-state index contributed by atoms with van der Waals surface area (Å²) in [7, 11) is 3.50. The molecule has 3 heterocycles. The van der Waals surface area contributed by atoms with Crippen molar-refractivity contribution < 1.29 is 4.74 Å². The van der Waals surface area contributed by atoms with Gasteiger partial charge in [-0.25, -0.2) is 4.98 Å². The second-order valence-corrected chi connectivity index (χ2v) is 6.54. The molecule has 0 radical (unpaired) electrons. The fourth-order valence-electron chi connectivity index (χ4n) is 3.23. The minimum absolute atomic E-state index is 0.532. The number of anilines is 3. The van der Waals surface area contributed by atoms with Gasteiger partial charge in [-0.2, -0.15) is 4.98 Å². The first-order valence-electron chi connectivity index (χ1n) is 9.01. The van der Waals surface area contributed by atoms with E-state index in [2.05, 4.69) is 25.6 Å². The number of nitrogens with zero attached hydrogens (tertiary/aromatic N) is 3. The fraction of sp³-hybridized carbons (Fsp3) is 0.190. The Morgan fingerprint density at radius 1 is 1.00 bits per heavy atom. The number of rotatable bonds is 5. The lowest BCUT2D eigenvalue weighted by molar-refractivity contribution is 0.416. The zero-order chi connectivity index (χ0) is 19.7. The van der Waals surface area contributed by atoms with E-state index in [-0.39, 0.29) is 0 Å². The van der Waals surface area contributed by atoms with Crippen molar-refractivity contribution in [1.82, 2.24) is 19.9 Å². The molecule has 7 heteroatoms. The second-order valence-electron chi connectivity index (χ2n) is 6.54. The number of aromatic amines is 1. The van der Waals surface area contributed by atoms with Gasteiger partial charge in [0.1, 0.15) is 11.6 Å². The highest BCUT2D eigenvalue weighted by Crippen LogP contribution is 2.34. The van der Waals surface area contributed by atoms with E-state index < -0.39 is 0 Å². The molecule has 142 valence electrons. The normalized spacial score (nSPS) is 10.9. The Kier molecular flexibility index (Phi) is 4.57. The zero-order valence-electron chi connectivity index (χ0n) is 16.3. The van der Waals surface area contributed by atoms with Crippen molar-refractivity contribution in [3.63, 3.8) is 0 Å². The predicted octanol–water partition coefficient (Wildman–Crippen LogP) is 4.43. The summed E-state index contributed by atoms with van der Waals surface area (Å²) in [6, 6.07) is 11.8. The average Bonchev–Trinajstić information content (AvgIpc) is 3.16. The van der Waals surface area contributed by atoms with E-state index in [1.54, 1.807) is 7.11 Å². The smallest absolute Gasteiger partial charge is 0.229 e. The lowest BCUT2D eigenvalue weighted by atomic mass is 10.1. The van der Waals surface area contributed by atoms with Gasteiger partial charge in [0.2, 0.25) is 5.95 Å². The Morgan fingerprint density at radius 3 is 2.64 bits per heavy atom. The van der Waals surface area contributed by atoms with E-state index in [1.807, 2.05) is 63.5 Å². The Hall–Kier alpha value is -3.61. The van der Waals surface area contributed by atoms with Crippen LogP contribution in [0.2, 0.25) is 0 Å². The summed E-state index contributed by atoms with van der Waals surface area (Å²) in [6.07, 6.45) is 1.92. The highest BCUT2D eigenvalue weighted by molar-refractivity contribution is 5.86. The summed E-state index contributed by atoms with van der Waals surface area (Å²) in [5.41, 5.74) is 5.49. The van der Waals surface area contributed by atoms with Crippen LogP contribution >= 0.6 is 0 Å². The molecule has 4 aromatic rings. The van der Waals surface area contributed by atoms with Gasteiger partial charge in [0.05, 0.1) is 12.8 Å². The number of hydrogen-bond donors (Lipinski definition) is 3. The van der Waals surface area contributed by atoms with E-state index in [1.165, 1.54) is 0 Å². The van der Waals surface area contributed by atoms with E-state index in [9.17, 15) is 0 Å². The van der Waals surface area contributed by atoms with Crippen molar-refractivity contribution in [3.8, 4) is 17.0 Å². The number of aromatic nitrogens is 4. The van der Waals surface area contributed by atoms with Crippen LogP contribution < -0.4 is 15.4 Å². The molecule has 0 aliphatic rings. The third-order valence-electron chi connectivity index (χ3n) is 4.58. The van der Waals surface area contributed by atoms with Crippen molar-refractivity contribution in [1.29, 1.82) is 0 Å². The first-order valence-corrected chi connectivity index (χ1v) is 9.01. The molecule has 0 spiro atoms. The van der Waals surface area contributed by atoms with Crippen LogP contribution in [0.15, 0.2) is 42.6 Å². The Morgan fingerprint density at radius 2 is 1.86 bits per heavy atom. The maximum absolute atomic E-state index is 5.57. The molecule has 0 aliphatic heterocycles. The molecule has 0 fully saturated rings. The number of aryl methyl sites for hydroxylation is 2. The number of nitrogens with one attached hydrogen (secondary N) is 3. The van der Waals surface area contributed by atoms with Gasteiger partial charge in [-0.05, 0) is 44.2 Å². The molecule has 0 atom stereocenters.